The highest BCUT2D eigenvalue weighted by molar-refractivity contribution is 6.06. The molecule has 0 bridgehead atoms. The van der Waals surface area contributed by atoms with Crippen LogP contribution in [0.25, 0.3) is 0 Å². The second-order valence-corrected chi connectivity index (χ2v) is 6.33. The summed E-state index contributed by atoms with van der Waals surface area (Å²) in [5.41, 5.74) is 1.20. The number of para-hydroxylation sites is 1. The zero-order chi connectivity index (χ0) is 15.3. The average Bonchev–Trinajstić information content (AvgIpc) is 3.16. The van der Waals surface area contributed by atoms with Crippen LogP contribution < -0.4 is 5.32 Å². The lowest BCUT2D eigenvalue weighted by molar-refractivity contribution is -0.148. The van der Waals surface area contributed by atoms with E-state index < -0.39 is 5.54 Å². The number of hydrogen-bond donors (Lipinski definition) is 1. The smallest absolute Gasteiger partial charge is 0.310 e. The van der Waals surface area contributed by atoms with Gasteiger partial charge in [0.2, 0.25) is 5.91 Å². The van der Waals surface area contributed by atoms with Crippen LogP contribution in [0.1, 0.15) is 31.7 Å². The van der Waals surface area contributed by atoms with Gasteiger partial charge < -0.3 is 10.1 Å². The Morgan fingerprint density at radius 3 is 3.09 bits per heavy atom. The zero-order valence-corrected chi connectivity index (χ0v) is 12.7. The summed E-state index contributed by atoms with van der Waals surface area (Å²) >= 11 is 0. The summed E-state index contributed by atoms with van der Waals surface area (Å²) in [5, 5.41) is 3.00. The molecule has 3 heterocycles. The first-order valence-electron chi connectivity index (χ1n) is 8.03. The van der Waals surface area contributed by atoms with Crippen LogP contribution in [-0.4, -0.2) is 36.0 Å². The number of esters is 1. The molecule has 3 aliphatic heterocycles. The van der Waals surface area contributed by atoms with Gasteiger partial charge in [-0.2, -0.15) is 0 Å². The molecule has 22 heavy (non-hydrogen) atoms. The van der Waals surface area contributed by atoms with Crippen molar-refractivity contribution < 1.29 is 14.3 Å². The number of hydrogen-bond acceptors (Lipinski definition) is 4. The lowest BCUT2D eigenvalue weighted by Crippen LogP contribution is -2.47. The van der Waals surface area contributed by atoms with Crippen LogP contribution in [0, 0.1) is 5.92 Å². The van der Waals surface area contributed by atoms with E-state index in [4.69, 9.17) is 4.74 Å². The van der Waals surface area contributed by atoms with Crippen LogP contribution in [0.5, 0.6) is 0 Å². The molecule has 2 saturated heterocycles. The van der Waals surface area contributed by atoms with Gasteiger partial charge in [-0.3, -0.25) is 14.5 Å². The molecule has 0 radical (unpaired) electrons. The van der Waals surface area contributed by atoms with E-state index in [1.165, 1.54) is 0 Å². The molecule has 1 aromatic rings. The summed E-state index contributed by atoms with van der Waals surface area (Å²) in [7, 11) is 0. The van der Waals surface area contributed by atoms with Crippen LogP contribution in [0.15, 0.2) is 24.3 Å². The van der Waals surface area contributed by atoms with Crippen LogP contribution in [0.3, 0.4) is 0 Å². The zero-order valence-electron chi connectivity index (χ0n) is 12.7. The summed E-state index contributed by atoms with van der Waals surface area (Å²) in [6.07, 6.45) is 2.51. The third-order valence-corrected chi connectivity index (χ3v) is 5.36. The van der Waals surface area contributed by atoms with E-state index in [1.807, 2.05) is 31.2 Å². The Morgan fingerprint density at radius 2 is 2.27 bits per heavy atom. The molecule has 3 atom stereocenters. The maximum absolute atomic E-state index is 12.8. The Labute approximate surface area is 129 Å². The van der Waals surface area contributed by atoms with E-state index in [9.17, 15) is 9.59 Å². The Morgan fingerprint density at radius 1 is 1.45 bits per heavy atom. The molecule has 116 valence electrons. The molecule has 5 heteroatoms. The largest absolute Gasteiger partial charge is 0.466 e. The monoisotopic (exact) mass is 300 g/mol. The minimum Gasteiger partial charge on any atom is -0.466 e. The number of fused-ring (bicyclic) bond motifs is 4. The molecular formula is C17H20N2O3. The summed E-state index contributed by atoms with van der Waals surface area (Å²) < 4.78 is 5.26. The molecule has 5 nitrogen and oxygen atoms in total. The number of amides is 1. The Kier molecular flexibility index (Phi) is 3.01. The van der Waals surface area contributed by atoms with E-state index in [0.29, 0.717) is 13.0 Å². The van der Waals surface area contributed by atoms with Gasteiger partial charge in [-0.15, -0.1) is 0 Å². The second-order valence-electron chi connectivity index (χ2n) is 6.33. The van der Waals surface area contributed by atoms with Gasteiger partial charge in [-0.1, -0.05) is 18.2 Å². The van der Waals surface area contributed by atoms with Crippen molar-refractivity contribution in [1.82, 2.24) is 4.90 Å². The predicted octanol–water partition coefficient (Wildman–Crippen LogP) is 1.88. The molecule has 1 amide bonds. The third-order valence-electron chi connectivity index (χ3n) is 5.36. The predicted molar refractivity (Wildman–Crippen MR) is 81.2 cm³/mol. The minimum atomic E-state index is -0.685. The molecule has 0 aromatic heterocycles. The van der Waals surface area contributed by atoms with E-state index in [1.54, 1.807) is 0 Å². The van der Waals surface area contributed by atoms with Crippen molar-refractivity contribution in [3.05, 3.63) is 29.8 Å². The van der Waals surface area contributed by atoms with Gasteiger partial charge in [0.1, 0.15) is 5.54 Å². The van der Waals surface area contributed by atoms with Gasteiger partial charge in [0, 0.05) is 17.3 Å². The molecular weight excluding hydrogens is 280 g/mol. The van der Waals surface area contributed by atoms with Gasteiger partial charge in [-0.05, 0) is 38.8 Å². The Bertz CT molecular complexity index is 645. The molecule has 3 unspecified atom stereocenters. The summed E-state index contributed by atoms with van der Waals surface area (Å²) in [5.74, 6) is -0.361. The van der Waals surface area contributed by atoms with Crippen molar-refractivity contribution in [1.29, 1.82) is 0 Å². The van der Waals surface area contributed by atoms with Gasteiger partial charge in [0.05, 0.1) is 12.5 Å². The van der Waals surface area contributed by atoms with Crippen molar-refractivity contribution in [2.45, 2.75) is 37.8 Å². The highest BCUT2D eigenvalue weighted by atomic mass is 16.5. The fourth-order valence-corrected chi connectivity index (χ4v) is 4.53. The minimum absolute atomic E-state index is 0.00685. The standard InChI is InChI=1S/C17H20N2O3/c1-2-22-15(20)11-10-17(19-9-5-8-14(11)19)12-6-3-4-7-13(12)18-16(17)21/h3-4,6-7,11,14H,2,5,8-10H2,1H3,(H,18,21). The Balaban J connectivity index is 1.79. The second kappa shape index (κ2) is 4.81. The first kappa shape index (κ1) is 13.8. The van der Waals surface area contributed by atoms with Crippen molar-refractivity contribution in [3.8, 4) is 0 Å². The molecule has 0 saturated carbocycles. The van der Waals surface area contributed by atoms with Gasteiger partial charge >= 0.3 is 5.97 Å². The van der Waals surface area contributed by atoms with E-state index in [-0.39, 0.29) is 23.8 Å². The number of nitrogens with zero attached hydrogens (tertiary/aromatic N) is 1. The molecule has 4 rings (SSSR count). The fraction of sp³-hybridized carbons (Fsp3) is 0.529. The highest BCUT2D eigenvalue weighted by Gasteiger charge is 2.63. The van der Waals surface area contributed by atoms with Crippen LogP contribution >= 0.6 is 0 Å². The van der Waals surface area contributed by atoms with Crippen molar-refractivity contribution in [2.24, 2.45) is 5.92 Å². The SMILES string of the molecule is CCOC(=O)C1CC2(C(=O)Nc3ccccc32)N2CCCC12. The summed E-state index contributed by atoms with van der Waals surface area (Å²) in [6, 6.07) is 7.96. The van der Waals surface area contributed by atoms with Crippen molar-refractivity contribution >= 4 is 17.6 Å². The number of carbonyl (C=O) groups excluding carboxylic acids is 2. The van der Waals surface area contributed by atoms with Gasteiger partial charge in [0.25, 0.3) is 0 Å². The topological polar surface area (TPSA) is 58.6 Å². The normalized spacial score (nSPS) is 32.9. The first-order chi connectivity index (χ1) is 10.7. The molecule has 3 aliphatic rings. The fourth-order valence-electron chi connectivity index (χ4n) is 4.53. The van der Waals surface area contributed by atoms with E-state index in [2.05, 4.69) is 10.2 Å². The van der Waals surface area contributed by atoms with E-state index in [0.717, 1.165) is 30.6 Å². The maximum Gasteiger partial charge on any atom is 0.310 e. The van der Waals surface area contributed by atoms with E-state index >= 15 is 0 Å². The van der Waals surface area contributed by atoms with Crippen LogP contribution in [0.2, 0.25) is 0 Å². The van der Waals surface area contributed by atoms with Gasteiger partial charge in [-0.25, -0.2) is 0 Å². The number of carbonyl (C=O) groups is 2. The van der Waals surface area contributed by atoms with Crippen LogP contribution in [0.4, 0.5) is 5.69 Å². The molecule has 0 aliphatic carbocycles. The molecule has 1 spiro atoms. The lowest BCUT2D eigenvalue weighted by Gasteiger charge is -2.32. The number of ether oxygens (including phenoxy) is 1. The van der Waals surface area contributed by atoms with Crippen molar-refractivity contribution in [2.75, 3.05) is 18.5 Å². The number of nitrogens with one attached hydrogen (secondary N) is 1. The lowest BCUT2D eigenvalue weighted by atomic mass is 9.84. The third kappa shape index (κ3) is 1.63. The molecule has 2 fully saturated rings. The number of anilines is 1. The first-order valence-corrected chi connectivity index (χ1v) is 8.03. The number of rotatable bonds is 2. The highest BCUT2D eigenvalue weighted by Crippen LogP contribution is 2.54. The average molecular weight is 300 g/mol. The summed E-state index contributed by atoms with van der Waals surface area (Å²) in [6.45, 7) is 3.08. The van der Waals surface area contributed by atoms with Crippen molar-refractivity contribution in [3.63, 3.8) is 0 Å². The quantitative estimate of drug-likeness (QED) is 0.847. The molecule has 1 aromatic carbocycles. The number of benzene rings is 1. The Hall–Kier alpha value is -1.88. The van der Waals surface area contributed by atoms with Crippen LogP contribution in [-0.2, 0) is 19.9 Å². The molecule has 1 N–H and O–H groups in total. The summed E-state index contributed by atoms with van der Waals surface area (Å²) in [4.78, 5) is 27.4. The maximum atomic E-state index is 12.8. The van der Waals surface area contributed by atoms with Gasteiger partial charge in [0.15, 0.2) is 0 Å².